The van der Waals surface area contributed by atoms with Gasteiger partial charge in [0.2, 0.25) is 0 Å². The molecular formula is C9H19N3O. The molecule has 2 amide bonds. The molecule has 1 rings (SSSR count). The second-order valence-electron chi connectivity index (χ2n) is 3.85. The zero-order chi connectivity index (χ0) is 10.0. The molecule has 1 aliphatic heterocycles. The number of carbonyl (C=O) groups excluding carboxylic acids is 1. The largest absolute Gasteiger partial charge is 0.328 e. The van der Waals surface area contributed by atoms with Crippen LogP contribution in [-0.4, -0.2) is 47.5 Å². The Morgan fingerprint density at radius 2 is 1.85 bits per heavy atom. The van der Waals surface area contributed by atoms with Gasteiger partial charge in [0.15, 0.2) is 0 Å². The van der Waals surface area contributed by atoms with Gasteiger partial charge >= 0.3 is 6.03 Å². The molecule has 4 nitrogen and oxygen atoms in total. The van der Waals surface area contributed by atoms with E-state index >= 15 is 0 Å². The van der Waals surface area contributed by atoms with Crippen LogP contribution in [0.25, 0.3) is 0 Å². The first-order valence-electron chi connectivity index (χ1n) is 4.85. The molecule has 0 aliphatic carbocycles. The molecule has 13 heavy (non-hydrogen) atoms. The number of nitrogens with zero attached hydrogens (tertiary/aromatic N) is 2. The SMILES string of the molecule is CC(C)N1CCN(C(C)CN)C1=O. The minimum absolute atomic E-state index is 0.132. The van der Waals surface area contributed by atoms with Gasteiger partial charge in [-0.15, -0.1) is 0 Å². The molecule has 0 bridgehead atoms. The van der Waals surface area contributed by atoms with Crippen molar-refractivity contribution in [2.45, 2.75) is 32.9 Å². The Hall–Kier alpha value is -0.770. The van der Waals surface area contributed by atoms with Gasteiger partial charge in [-0.05, 0) is 20.8 Å². The minimum Gasteiger partial charge on any atom is -0.328 e. The molecular weight excluding hydrogens is 166 g/mol. The first kappa shape index (κ1) is 10.3. The van der Waals surface area contributed by atoms with Gasteiger partial charge < -0.3 is 15.5 Å². The number of nitrogens with two attached hydrogens (primary N) is 1. The average molecular weight is 185 g/mol. The number of amides is 2. The zero-order valence-electron chi connectivity index (χ0n) is 8.66. The van der Waals surface area contributed by atoms with Crippen LogP contribution in [0.4, 0.5) is 4.79 Å². The fourth-order valence-corrected chi connectivity index (χ4v) is 1.59. The average Bonchev–Trinajstić information content (AvgIpc) is 2.46. The van der Waals surface area contributed by atoms with Crippen molar-refractivity contribution in [2.24, 2.45) is 5.73 Å². The molecule has 4 heteroatoms. The molecule has 0 saturated carbocycles. The lowest BCUT2D eigenvalue weighted by Crippen LogP contribution is -2.43. The normalized spacial score (nSPS) is 20.2. The topological polar surface area (TPSA) is 49.6 Å². The van der Waals surface area contributed by atoms with Gasteiger partial charge in [0.05, 0.1) is 0 Å². The third kappa shape index (κ3) is 1.94. The summed E-state index contributed by atoms with van der Waals surface area (Å²) in [5.41, 5.74) is 5.52. The maximum absolute atomic E-state index is 11.7. The van der Waals surface area contributed by atoms with Crippen molar-refractivity contribution >= 4 is 6.03 Å². The van der Waals surface area contributed by atoms with E-state index < -0.39 is 0 Å². The van der Waals surface area contributed by atoms with E-state index in [1.165, 1.54) is 0 Å². The van der Waals surface area contributed by atoms with E-state index in [2.05, 4.69) is 0 Å². The number of urea groups is 1. The van der Waals surface area contributed by atoms with Crippen LogP contribution in [0.5, 0.6) is 0 Å². The molecule has 0 aromatic rings. The molecule has 0 radical (unpaired) electrons. The summed E-state index contributed by atoms with van der Waals surface area (Å²) < 4.78 is 0. The van der Waals surface area contributed by atoms with E-state index in [4.69, 9.17) is 5.73 Å². The molecule has 1 aliphatic rings. The van der Waals surface area contributed by atoms with Crippen LogP contribution < -0.4 is 5.73 Å². The van der Waals surface area contributed by atoms with Crippen LogP contribution in [0.3, 0.4) is 0 Å². The summed E-state index contributed by atoms with van der Waals surface area (Å²) in [5.74, 6) is 0. The summed E-state index contributed by atoms with van der Waals surface area (Å²) in [4.78, 5) is 15.5. The Bertz CT molecular complexity index is 193. The maximum Gasteiger partial charge on any atom is 0.320 e. The van der Waals surface area contributed by atoms with Gasteiger partial charge in [0, 0.05) is 31.7 Å². The maximum atomic E-state index is 11.7. The van der Waals surface area contributed by atoms with Crippen molar-refractivity contribution in [1.29, 1.82) is 0 Å². The predicted octanol–water partition coefficient (Wildman–Crippen LogP) is 0.480. The Morgan fingerprint density at radius 3 is 2.23 bits per heavy atom. The van der Waals surface area contributed by atoms with E-state index in [-0.39, 0.29) is 12.1 Å². The van der Waals surface area contributed by atoms with Gasteiger partial charge in [0.25, 0.3) is 0 Å². The van der Waals surface area contributed by atoms with Crippen LogP contribution in [0.2, 0.25) is 0 Å². The summed E-state index contributed by atoms with van der Waals surface area (Å²) in [6, 6.07) is 0.590. The number of carbonyl (C=O) groups is 1. The molecule has 0 spiro atoms. The molecule has 76 valence electrons. The minimum atomic E-state index is 0.132. The highest BCUT2D eigenvalue weighted by Crippen LogP contribution is 2.14. The molecule has 1 fully saturated rings. The number of rotatable bonds is 3. The van der Waals surface area contributed by atoms with Crippen molar-refractivity contribution in [2.75, 3.05) is 19.6 Å². The van der Waals surface area contributed by atoms with Crippen LogP contribution in [0.15, 0.2) is 0 Å². The Morgan fingerprint density at radius 1 is 1.31 bits per heavy atom. The predicted molar refractivity (Wildman–Crippen MR) is 52.5 cm³/mol. The van der Waals surface area contributed by atoms with Gasteiger partial charge in [0.1, 0.15) is 0 Å². The fraction of sp³-hybridized carbons (Fsp3) is 0.889. The second-order valence-corrected chi connectivity index (χ2v) is 3.85. The monoisotopic (exact) mass is 185 g/mol. The summed E-state index contributed by atoms with van der Waals surface area (Å²) in [5, 5.41) is 0. The van der Waals surface area contributed by atoms with E-state index in [0.29, 0.717) is 12.6 Å². The van der Waals surface area contributed by atoms with E-state index in [0.717, 1.165) is 13.1 Å². The lowest BCUT2D eigenvalue weighted by molar-refractivity contribution is 0.173. The third-order valence-corrected chi connectivity index (χ3v) is 2.57. The first-order chi connectivity index (χ1) is 6.07. The lowest BCUT2D eigenvalue weighted by atomic mass is 10.3. The summed E-state index contributed by atoms with van der Waals surface area (Å²) in [6.45, 7) is 8.25. The van der Waals surface area contributed by atoms with Crippen molar-refractivity contribution in [3.63, 3.8) is 0 Å². The van der Waals surface area contributed by atoms with E-state index in [1.807, 2.05) is 30.6 Å². The number of hydrogen-bond donors (Lipinski definition) is 1. The smallest absolute Gasteiger partial charge is 0.320 e. The van der Waals surface area contributed by atoms with E-state index in [9.17, 15) is 4.79 Å². The summed E-state index contributed by atoms with van der Waals surface area (Å²) >= 11 is 0. The third-order valence-electron chi connectivity index (χ3n) is 2.57. The molecule has 2 N–H and O–H groups in total. The van der Waals surface area contributed by atoms with Crippen LogP contribution in [-0.2, 0) is 0 Å². The summed E-state index contributed by atoms with van der Waals surface area (Å²) in [6.07, 6.45) is 0. The summed E-state index contributed by atoms with van der Waals surface area (Å²) in [7, 11) is 0. The van der Waals surface area contributed by atoms with Crippen LogP contribution in [0, 0.1) is 0 Å². The number of hydrogen-bond acceptors (Lipinski definition) is 2. The van der Waals surface area contributed by atoms with Crippen molar-refractivity contribution in [1.82, 2.24) is 9.80 Å². The molecule has 0 aromatic heterocycles. The van der Waals surface area contributed by atoms with Gasteiger partial charge in [-0.2, -0.15) is 0 Å². The highest BCUT2D eigenvalue weighted by Gasteiger charge is 2.32. The quantitative estimate of drug-likeness (QED) is 0.695. The van der Waals surface area contributed by atoms with Crippen LogP contribution >= 0.6 is 0 Å². The molecule has 1 heterocycles. The second kappa shape index (κ2) is 3.96. The molecule has 1 saturated heterocycles. The van der Waals surface area contributed by atoms with Crippen molar-refractivity contribution in [3.8, 4) is 0 Å². The Labute approximate surface area is 79.7 Å². The van der Waals surface area contributed by atoms with Crippen molar-refractivity contribution in [3.05, 3.63) is 0 Å². The highest BCUT2D eigenvalue weighted by atomic mass is 16.2. The van der Waals surface area contributed by atoms with Crippen LogP contribution in [0.1, 0.15) is 20.8 Å². The van der Waals surface area contributed by atoms with Gasteiger partial charge in [-0.1, -0.05) is 0 Å². The van der Waals surface area contributed by atoms with Crippen molar-refractivity contribution < 1.29 is 4.79 Å². The lowest BCUT2D eigenvalue weighted by Gasteiger charge is -2.25. The first-order valence-corrected chi connectivity index (χ1v) is 4.85. The van der Waals surface area contributed by atoms with Gasteiger partial charge in [-0.3, -0.25) is 0 Å². The fourth-order valence-electron chi connectivity index (χ4n) is 1.59. The molecule has 0 aromatic carbocycles. The Balaban J connectivity index is 2.60. The zero-order valence-corrected chi connectivity index (χ0v) is 8.66. The van der Waals surface area contributed by atoms with E-state index in [1.54, 1.807) is 0 Å². The Kier molecular flexibility index (Phi) is 3.14. The standard InChI is InChI=1S/C9H19N3O/c1-7(2)11-4-5-12(9(11)13)8(3)6-10/h7-8H,4-6,10H2,1-3H3. The molecule has 1 atom stereocenters. The van der Waals surface area contributed by atoms with Gasteiger partial charge in [-0.25, -0.2) is 4.79 Å². The highest BCUT2D eigenvalue weighted by molar-refractivity contribution is 5.77. The molecule has 1 unspecified atom stereocenters.